The molecule has 294 valence electrons. The van der Waals surface area contributed by atoms with Gasteiger partial charge < -0.3 is 26.2 Å². The van der Waals surface area contributed by atoms with E-state index in [-0.39, 0.29) is 68.0 Å². The van der Waals surface area contributed by atoms with Crippen molar-refractivity contribution in [3.63, 3.8) is 0 Å². The van der Waals surface area contributed by atoms with Gasteiger partial charge in [0.2, 0.25) is 29.4 Å². The van der Waals surface area contributed by atoms with Gasteiger partial charge in [0.05, 0.1) is 12.1 Å². The maximum absolute atomic E-state index is 14.7. The Morgan fingerprint density at radius 3 is 2.11 bits per heavy atom. The van der Waals surface area contributed by atoms with Crippen LogP contribution in [0, 0.1) is 23.2 Å². The molecule has 2 saturated heterocycles. The first-order valence-electron chi connectivity index (χ1n) is 19.7. The third kappa shape index (κ3) is 11.5. The standard InChI is InChI=1S/C40H62N6O7/c1-7-19-41-37(51)35(49)29(21-26-13-11-14-26)42-36(50)30-22-27(20-25(2)3)23-45(30)38(52)34(28-15-9-8-10-16-28)44-39(53)43-31(40(4,5)6)24-46-32(47)17-12-18-33(46)48/h7,20,26-31,34H,1,8-19,21-24H2,2-6H3,(H,41,51)(H,42,50)(H2,43,44,53)/t27?,29?,30-,31+,34-/m0/s1. The van der Waals surface area contributed by atoms with Crippen LogP contribution in [0.5, 0.6) is 0 Å². The monoisotopic (exact) mass is 738 g/mol. The van der Waals surface area contributed by atoms with Gasteiger partial charge in [0, 0.05) is 32.5 Å². The van der Waals surface area contributed by atoms with Gasteiger partial charge in [-0.25, -0.2) is 4.79 Å². The van der Waals surface area contributed by atoms with Crippen molar-refractivity contribution in [1.82, 2.24) is 31.1 Å². The molecule has 0 spiro atoms. The van der Waals surface area contributed by atoms with Gasteiger partial charge in [0.25, 0.3) is 5.91 Å². The number of hydrogen-bond acceptors (Lipinski definition) is 7. The molecule has 7 amide bonds. The number of nitrogens with one attached hydrogen (secondary N) is 4. The van der Waals surface area contributed by atoms with E-state index in [4.69, 9.17) is 0 Å². The molecule has 4 aliphatic rings. The van der Waals surface area contributed by atoms with Crippen LogP contribution < -0.4 is 21.3 Å². The summed E-state index contributed by atoms with van der Waals surface area (Å²) in [5.74, 6) is -2.94. The molecule has 4 fully saturated rings. The van der Waals surface area contributed by atoms with Crippen LogP contribution in [-0.4, -0.2) is 95.0 Å². The summed E-state index contributed by atoms with van der Waals surface area (Å²) in [6, 6.07) is -4.03. The zero-order valence-corrected chi connectivity index (χ0v) is 32.5. The molecule has 4 N–H and O–H groups in total. The summed E-state index contributed by atoms with van der Waals surface area (Å²) in [7, 11) is 0. The molecule has 5 atom stereocenters. The lowest BCUT2D eigenvalue weighted by molar-refractivity contribution is -0.148. The van der Waals surface area contributed by atoms with E-state index in [1.54, 1.807) is 4.90 Å². The predicted molar refractivity (Wildman–Crippen MR) is 201 cm³/mol. The van der Waals surface area contributed by atoms with Gasteiger partial charge >= 0.3 is 6.03 Å². The Bertz CT molecular complexity index is 1410. The minimum atomic E-state index is -1.02. The molecule has 2 aliphatic heterocycles. The smallest absolute Gasteiger partial charge is 0.315 e. The number of amides is 7. The highest BCUT2D eigenvalue weighted by atomic mass is 16.2. The number of allylic oxidation sites excluding steroid dienone is 1. The molecule has 0 aromatic rings. The van der Waals surface area contributed by atoms with E-state index in [9.17, 15) is 33.6 Å². The van der Waals surface area contributed by atoms with E-state index in [0.29, 0.717) is 19.3 Å². The van der Waals surface area contributed by atoms with Crippen molar-refractivity contribution in [3.8, 4) is 0 Å². The molecule has 4 rings (SSSR count). The first-order chi connectivity index (χ1) is 25.1. The first kappa shape index (κ1) is 41.7. The fourth-order valence-electron chi connectivity index (χ4n) is 8.01. The number of carbonyl (C=O) groups excluding carboxylic acids is 7. The minimum Gasteiger partial charge on any atom is -0.346 e. The van der Waals surface area contributed by atoms with Crippen LogP contribution in [0.4, 0.5) is 4.79 Å². The number of nitrogens with zero attached hydrogens (tertiary/aromatic N) is 2. The Morgan fingerprint density at radius 2 is 1.55 bits per heavy atom. The molecule has 0 bridgehead atoms. The van der Waals surface area contributed by atoms with Crippen LogP contribution in [0.25, 0.3) is 0 Å². The second-order valence-electron chi connectivity index (χ2n) is 16.9. The lowest BCUT2D eigenvalue weighted by atomic mass is 9.80. The Hall–Kier alpha value is -4.03. The van der Waals surface area contributed by atoms with Crippen LogP contribution >= 0.6 is 0 Å². The summed E-state index contributed by atoms with van der Waals surface area (Å²) in [5, 5.41) is 11.4. The van der Waals surface area contributed by atoms with Gasteiger partial charge in [0.15, 0.2) is 0 Å². The van der Waals surface area contributed by atoms with Gasteiger partial charge in [-0.2, -0.15) is 0 Å². The van der Waals surface area contributed by atoms with Gasteiger partial charge in [-0.15, -0.1) is 6.58 Å². The maximum Gasteiger partial charge on any atom is 0.315 e. The second kappa shape index (κ2) is 18.8. The molecule has 0 aromatic heterocycles. The summed E-state index contributed by atoms with van der Waals surface area (Å²) in [6.07, 6.45) is 12.5. The second-order valence-corrected chi connectivity index (χ2v) is 16.9. The van der Waals surface area contributed by atoms with Gasteiger partial charge in [-0.3, -0.25) is 33.7 Å². The summed E-state index contributed by atoms with van der Waals surface area (Å²) >= 11 is 0. The third-order valence-corrected chi connectivity index (χ3v) is 11.3. The number of Topliss-reactive ketones (excluding diaryl/α,β-unsaturated/α-hetero) is 1. The number of hydrogen-bond donors (Lipinski definition) is 4. The van der Waals surface area contributed by atoms with Crippen LogP contribution in [0.2, 0.25) is 0 Å². The van der Waals surface area contributed by atoms with Gasteiger partial charge in [-0.1, -0.05) is 77.0 Å². The molecule has 13 nitrogen and oxygen atoms in total. The molecule has 2 saturated carbocycles. The number of ketones is 1. The number of piperidine rings is 1. The van der Waals surface area contributed by atoms with E-state index in [0.717, 1.165) is 56.9 Å². The third-order valence-electron chi connectivity index (χ3n) is 11.3. The summed E-state index contributed by atoms with van der Waals surface area (Å²) < 4.78 is 0. The molecule has 13 heteroatoms. The van der Waals surface area contributed by atoms with Gasteiger partial charge in [-0.05, 0) is 69.1 Å². The minimum absolute atomic E-state index is 0.0295. The number of rotatable bonds is 15. The van der Waals surface area contributed by atoms with Crippen molar-refractivity contribution in [1.29, 1.82) is 0 Å². The fourth-order valence-corrected chi connectivity index (χ4v) is 8.01. The Labute approximate surface area is 314 Å². The average molecular weight is 739 g/mol. The van der Waals surface area contributed by atoms with Crippen LogP contribution in [0.15, 0.2) is 24.3 Å². The molecule has 0 radical (unpaired) electrons. The van der Waals surface area contributed by atoms with E-state index in [1.807, 2.05) is 40.7 Å². The summed E-state index contributed by atoms with van der Waals surface area (Å²) in [4.78, 5) is 96.9. The number of urea groups is 1. The van der Waals surface area contributed by atoms with E-state index in [2.05, 4.69) is 27.8 Å². The Kier molecular flexibility index (Phi) is 14.8. The van der Waals surface area contributed by atoms with Crippen LogP contribution in [0.1, 0.15) is 118 Å². The lowest BCUT2D eigenvalue weighted by Gasteiger charge is -2.38. The Balaban J connectivity index is 1.57. The number of likely N-dealkylation sites (tertiary alicyclic amines) is 2. The van der Waals surface area contributed by atoms with Crippen molar-refractivity contribution in [3.05, 3.63) is 24.3 Å². The molecular weight excluding hydrogens is 676 g/mol. The molecular formula is C40H62N6O7. The number of imide groups is 1. The van der Waals surface area contributed by atoms with Crippen molar-refractivity contribution in [2.24, 2.45) is 23.2 Å². The molecule has 53 heavy (non-hydrogen) atoms. The van der Waals surface area contributed by atoms with Crippen molar-refractivity contribution in [2.45, 2.75) is 142 Å². The SMILES string of the molecule is C=CCNC(=O)C(=O)C(CC1CCC1)NC(=O)[C@@H]1CC(C=C(C)C)CN1C(=O)[C@@H](NC(=O)N[C@H](CN1C(=O)CCCC1=O)C(C)(C)C)C1CCCCC1. The maximum atomic E-state index is 14.7. The van der Waals surface area contributed by atoms with E-state index >= 15 is 0 Å². The topological polar surface area (TPSA) is 174 Å². The van der Waals surface area contributed by atoms with Crippen LogP contribution in [0.3, 0.4) is 0 Å². The quantitative estimate of drug-likeness (QED) is 0.112. The Morgan fingerprint density at radius 1 is 0.887 bits per heavy atom. The lowest BCUT2D eigenvalue weighted by Crippen LogP contribution is -2.61. The van der Waals surface area contributed by atoms with Gasteiger partial charge in [0.1, 0.15) is 12.1 Å². The average Bonchev–Trinajstić information content (AvgIpc) is 3.50. The van der Waals surface area contributed by atoms with Crippen molar-refractivity contribution >= 4 is 41.4 Å². The van der Waals surface area contributed by atoms with E-state index < -0.39 is 53.2 Å². The summed E-state index contributed by atoms with van der Waals surface area (Å²) in [5.41, 5.74) is 0.520. The highest BCUT2D eigenvalue weighted by molar-refractivity contribution is 6.38. The zero-order valence-electron chi connectivity index (χ0n) is 32.5. The van der Waals surface area contributed by atoms with Crippen molar-refractivity contribution < 1.29 is 33.6 Å². The molecule has 2 heterocycles. The fraction of sp³-hybridized carbons (Fsp3) is 0.725. The molecule has 2 aliphatic carbocycles. The first-order valence-corrected chi connectivity index (χ1v) is 19.7. The predicted octanol–water partition coefficient (Wildman–Crippen LogP) is 3.92. The summed E-state index contributed by atoms with van der Waals surface area (Å²) in [6.45, 7) is 13.7. The molecule has 2 unspecified atom stereocenters. The highest BCUT2D eigenvalue weighted by Crippen LogP contribution is 2.33. The highest BCUT2D eigenvalue weighted by Gasteiger charge is 2.45. The van der Waals surface area contributed by atoms with Crippen molar-refractivity contribution in [2.75, 3.05) is 19.6 Å². The van der Waals surface area contributed by atoms with Crippen LogP contribution in [-0.2, 0) is 28.8 Å². The number of carbonyl (C=O) groups is 7. The normalized spacial score (nSPS) is 22.9. The molecule has 0 aromatic carbocycles. The van der Waals surface area contributed by atoms with E-state index in [1.165, 1.54) is 11.0 Å². The zero-order chi connectivity index (χ0) is 38.9. The largest absolute Gasteiger partial charge is 0.346 e.